The predicted molar refractivity (Wildman–Crippen MR) is 254 cm³/mol. The Morgan fingerprint density at radius 2 is 0.933 bits per heavy atom. The molecule has 0 aliphatic rings. The van der Waals surface area contributed by atoms with Crippen LogP contribution in [0.3, 0.4) is 0 Å². The topological polar surface area (TPSA) is 16.1 Å². The number of benzene rings is 10. The van der Waals surface area contributed by atoms with Gasteiger partial charge in [-0.3, -0.25) is 0 Å². The number of para-hydroxylation sites is 2. The van der Waals surface area contributed by atoms with Crippen molar-refractivity contribution in [3.63, 3.8) is 0 Å². The first-order valence-corrected chi connectivity index (χ1v) is 20.7. The van der Waals surface area contributed by atoms with Crippen LogP contribution >= 0.6 is 0 Å². The van der Waals surface area contributed by atoms with Gasteiger partial charge in [0.15, 0.2) is 0 Å². The predicted octanol–water partition coefficient (Wildman–Crippen LogP) is 15.8. The standard InChI is InChI=1S/C58H40N2/c1-5-16-41(17-6-1)42-28-30-43(31-29-42)54-38-40(36-46-20-13-14-27-51(46)54)37-47-22-15-21-44-32-34-53-57(56(44)47)52-35-33-50(39-55(52)59-58(53)45-18-7-2-8-19-45)60(48-23-9-3-10-24-48)49-25-11-4-12-26-49/h1-36,38-39H,37H2. The highest BCUT2D eigenvalue weighted by molar-refractivity contribution is 6.23. The first-order chi connectivity index (χ1) is 29.7. The van der Waals surface area contributed by atoms with Crippen molar-refractivity contribution in [2.75, 3.05) is 4.90 Å². The Morgan fingerprint density at radius 3 is 1.65 bits per heavy atom. The minimum atomic E-state index is 0.786. The van der Waals surface area contributed by atoms with Crippen LogP contribution in [0.1, 0.15) is 11.1 Å². The van der Waals surface area contributed by atoms with Crippen LogP contribution in [0.5, 0.6) is 0 Å². The van der Waals surface area contributed by atoms with E-state index in [0.29, 0.717) is 0 Å². The molecule has 0 aliphatic heterocycles. The van der Waals surface area contributed by atoms with Crippen LogP contribution in [-0.2, 0) is 6.42 Å². The van der Waals surface area contributed by atoms with Crippen molar-refractivity contribution in [3.8, 4) is 33.5 Å². The Morgan fingerprint density at radius 1 is 0.350 bits per heavy atom. The van der Waals surface area contributed by atoms with Gasteiger partial charge in [0, 0.05) is 38.8 Å². The van der Waals surface area contributed by atoms with Gasteiger partial charge in [-0.2, -0.15) is 0 Å². The second-order valence-electron chi connectivity index (χ2n) is 15.5. The number of nitrogens with zero attached hydrogens (tertiary/aromatic N) is 2. The average molecular weight is 765 g/mol. The lowest BCUT2D eigenvalue weighted by Crippen LogP contribution is -2.09. The van der Waals surface area contributed by atoms with Gasteiger partial charge in [-0.05, 0) is 97.7 Å². The van der Waals surface area contributed by atoms with Gasteiger partial charge in [0.2, 0.25) is 0 Å². The maximum Gasteiger partial charge on any atom is 0.0788 e. The summed E-state index contributed by atoms with van der Waals surface area (Å²) in [6, 6.07) is 83.2. The number of aromatic nitrogens is 1. The summed E-state index contributed by atoms with van der Waals surface area (Å²) in [5, 5.41) is 8.55. The molecule has 0 bridgehead atoms. The fourth-order valence-corrected chi connectivity index (χ4v) is 9.05. The van der Waals surface area contributed by atoms with Crippen LogP contribution in [0, 0.1) is 0 Å². The fraction of sp³-hybridized carbons (Fsp3) is 0.0172. The van der Waals surface area contributed by atoms with E-state index in [9.17, 15) is 0 Å². The monoisotopic (exact) mass is 764 g/mol. The lowest BCUT2D eigenvalue weighted by Gasteiger charge is -2.26. The molecule has 1 heterocycles. The molecule has 0 N–H and O–H groups in total. The van der Waals surface area contributed by atoms with Gasteiger partial charge in [0.1, 0.15) is 0 Å². The number of anilines is 3. The van der Waals surface area contributed by atoms with Crippen LogP contribution in [0.2, 0.25) is 0 Å². The van der Waals surface area contributed by atoms with E-state index in [-0.39, 0.29) is 0 Å². The number of hydrogen-bond acceptors (Lipinski definition) is 2. The fourth-order valence-electron chi connectivity index (χ4n) is 9.05. The lowest BCUT2D eigenvalue weighted by molar-refractivity contribution is 1.22. The van der Waals surface area contributed by atoms with Crippen molar-refractivity contribution in [3.05, 3.63) is 242 Å². The van der Waals surface area contributed by atoms with Crippen molar-refractivity contribution in [1.82, 2.24) is 4.98 Å². The number of rotatable bonds is 8. The summed E-state index contributed by atoms with van der Waals surface area (Å²) in [5.41, 5.74) is 13.8. The Labute approximate surface area is 350 Å². The van der Waals surface area contributed by atoms with E-state index in [1.165, 1.54) is 60.3 Å². The summed E-state index contributed by atoms with van der Waals surface area (Å²) in [5.74, 6) is 0. The highest BCUT2D eigenvalue weighted by Gasteiger charge is 2.19. The van der Waals surface area contributed by atoms with Crippen LogP contribution < -0.4 is 4.90 Å². The summed E-state index contributed by atoms with van der Waals surface area (Å²) < 4.78 is 0. The second kappa shape index (κ2) is 15.2. The zero-order valence-electron chi connectivity index (χ0n) is 33.0. The van der Waals surface area contributed by atoms with Gasteiger partial charge < -0.3 is 4.90 Å². The number of hydrogen-bond donors (Lipinski definition) is 0. The third-order valence-corrected chi connectivity index (χ3v) is 11.8. The molecular formula is C58H40N2. The van der Waals surface area contributed by atoms with E-state index in [0.717, 1.165) is 51.0 Å². The number of fused-ring (bicyclic) bond motifs is 6. The van der Waals surface area contributed by atoms with Gasteiger partial charge in [0.05, 0.1) is 11.2 Å². The molecule has 2 nitrogen and oxygen atoms in total. The highest BCUT2D eigenvalue weighted by Crippen LogP contribution is 2.42. The largest absolute Gasteiger partial charge is 0.310 e. The van der Waals surface area contributed by atoms with Crippen LogP contribution in [0.25, 0.3) is 76.7 Å². The van der Waals surface area contributed by atoms with Crippen molar-refractivity contribution >= 4 is 60.3 Å². The molecule has 0 amide bonds. The van der Waals surface area contributed by atoms with Gasteiger partial charge >= 0.3 is 0 Å². The maximum atomic E-state index is 5.50. The van der Waals surface area contributed by atoms with Gasteiger partial charge in [-0.15, -0.1) is 0 Å². The van der Waals surface area contributed by atoms with Crippen LogP contribution in [-0.4, -0.2) is 4.98 Å². The Bertz CT molecular complexity index is 3270. The van der Waals surface area contributed by atoms with Crippen molar-refractivity contribution in [2.24, 2.45) is 0 Å². The Kier molecular flexibility index (Phi) is 8.94. The smallest absolute Gasteiger partial charge is 0.0788 e. The molecule has 0 saturated carbocycles. The molecule has 11 rings (SSSR count). The normalized spacial score (nSPS) is 11.4. The molecular weight excluding hydrogens is 725 g/mol. The third kappa shape index (κ3) is 6.45. The first-order valence-electron chi connectivity index (χ1n) is 20.7. The van der Waals surface area contributed by atoms with Gasteiger partial charge in [-0.25, -0.2) is 4.98 Å². The van der Waals surface area contributed by atoms with Gasteiger partial charge in [0.25, 0.3) is 0 Å². The summed E-state index contributed by atoms with van der Waals surface area (Å²) in [4.78, 5) is 7.82. The maximum absolute atomic E-state index is 5.50. The van der Waals surface area contributed by atoms with Crippen molar-refractivity contribution in [1.29, 1.82) is 0 Å². The molecule has 0 spiro atoms. The SMILES string of the molecule is c1ccc(-c2ccc(-c3cc(Cc4cccc5ccc6c(-c7ccccc7)nc7cc(N(c8ccccc8)c8ccccc8)ccc7c6c45)cc4ccccc34)cc2)cc1. The zero-order chi connectivity index (χ0) is 39.8. The van der Waals surface area contributed by atoms with E-state index in [1.54, 1.807) is 0 Å². The summed E-state index contributed by atoms with van der Waals surface area (Å²) in [7, 11) is 0. The third-order valence-electron chi connectivity index (χ3n) is 11.8. The summed E-state index contributed by atoms with van der Waals surface area (Å²) in [6.45, 7) is 0. The van der Waals surface area contributed by atoms with E-state index < -0.39 is 0 Å². The molecule has 0 unspecified atom stereocenters. The quantitative estimate of drug-likeness (QED) is 0.143. The van der Waals surface area contributed by atoms with Crippen molar-refractivity contribution in [2.45, 2.75) is 6.42 Å². The zero-order valence-corrected chi connectivity index (χ0v) is 33.0. The minimum absolute atomic E-state index is 0.786. The summed E-state index contributed by atoms with van der Waals surface area (Å²) >= 11 is 0. The van der Waals surface area contributed by atoms with Crippen LogP contribution in [0.4, 0.5) is 17.1 Å². The van der Waals surface area contributed by atoms with E-state index in [1.807, 2.05) is 0 Å². The molecule has 0 fully saturated rings. The second-order valence-corrected chi connectivity index (χ2v) is 15.5. The first kappa shape index (κ1) is 35.4. The van der Waals surface area contributed by atoms with E-state index in [2.05, 4.69) is 235 Å². The Balaban J connectivity index is 1.10. The molecule has 282 valence electrons. The number of pyridine rings is 1. The molecule has 0 aliphatic carbocycles. The highest BCUT2D eigenvalue weighted by atomic mass is 15.1. The molecule has 60 heavy (non-hydrogen) atoms. The van der Waals surface area contributed by atoms with Crippen molar-refractivity contribution < 1.29 is 0 Å². The summed E-state index contributed by atoms with van der Waals surface area (Å²) in [6.07, 6.45) is 0.786. The van der Waals surface area contributed by atoms with E-state index >= 15 is 0 Å². The molecule has 0 saturated heterocycles. The molecule has 2 heteroatoms. The lowest BCUT2D eigenvalue weighted by atomic mass is 9.89. The molecule has 0 atom stereocenters. The molecule has 1 aromatic heterocycles. The molecule has 11 aromatic rings. The van der Waals surface area contributed by atoms with Gasteiger partial charge in [-0.1, -0.05) is 194 Å². The average Bonchev–Trinajstić information content (AvgIpc) is 3.32. The van der Waals surface area contributed by atoms with E-state index in [4.69, 9.17) is 4.98 Å². The molecule has 0 radical (unpaired) electrons. The molecule has 10 aromatic carbocycles. The van der Waals surface area contributed by atoms with Crippen LogP contribution in [0.15, 0.2) is 231 Å². The Hall–Kier alpha value is -7.81. The minimum Gasteiger partial charge on any atom is -0.310 e.